The topological polar surface area (TPSA) is 167 Å². The van der Waals surface area contributed by atoms with E-state index in [0.29, 0.717) is 33.6 Å². The highest BCUT2D eigenvalue weighted by atomic mass is 35.5. The molecule has 2 aromatic heterocycles. The van der Waals surface area contributed by atoms with E-state index in [9.17, 15) is 9.59 Å². The molecule has 0 bridgehead atoms. The number of methoxy groups -OCH3 is 2. The number of anilines is 5. The van der Waals surface area contributed by atoms with Crippen molar-refractivity contribution in [2.45, 2.75) is 7.43 Å². The molecule has 4 aromatic carbocycles. The zero-order valence-corrected chi connectivity index (χ0v) is 34.5. The van der Waals surface area contributed by atoms with Gasteiger partial charge in [0, 0.05) is 75.3 Å². The molecule has 14 nitrogen and oxygen atoms in total. The second-order valence-corrected chi connectivity index (χ2v) is 15.9. The Hall–Kier alpha value is -6.61. The molecular formula is C47H53ClN8O6. The van der Waals surface area contributed by atoms with Crippen LogP contribution in [0.1, 0.15) is 31.0 Å². The summed E-state index contributed by atoms with van der Waals surface area (Å²) in [5, 5.41) is 3.45. The second-order valence-electron chi connectivity index (χ2n) is 15.6. The number of nitrogens with two attached hydrogens (primary N) is 1. The molecule has 6 aromatic rings. The highest BCUT2D eigenvalue weighted by Crippen LogP contribution is 2.41. The third-order valence-corrected chi connectivity index (χ3v) is 11.2. The number of nitrogens with zero attached hydrogens (tertiary/aromatic N) is 6. The molecule has 0 amide bonds. The number of carbonyl (C=O) groups is 2. The van der Waals surface area contributed by atoms with E-state index in [4.69, 9.17) is 31.5 Å². The lowest BCUT2D eigenvalue weighted by molar-refractivity contribution is -0.127. The minimum atomic E-state index is -0.364. The van der Waals surface area contributed by atoms with Crippen LogP contribution in [0.3, 0.4) is 0 Å². The first-order chi connectivity index (χ1) is 29.6. The number of ether oxygens (including phenoxy) is 4. The van der Waals surface area contributed by atoms with Gasteiger partial charge in [-0.3, -0.25) is 0 Å². The van der Waals surface area contributed by atoms with Crippen molar-refractivity contribution in [1.82, 2.24) is 19.9 Å². The lowest BCUT2D eigenvalue weighted by Crippen LogP contribution is -2.66. The monoisotopic (exact) mass is 861 g/mol. The molecule has 15 heteroatoms. The third kappa shape index (κ3) is 9.94. The van der Waals surface area contributed by atoms with Crippen LogP contribution in [0, 0.1) is 10.8 Å². The molecular weight excluding hydrogens is 808 g/mol. The number of halogens is 1. The van der Waals surface area contributed by atoms with Gasteiger partial charge in [0.25, 0.3) is 0 Å². The van der Waals surface area contributed by atoms with Crippen molar-refractivity contribution < 1.29 is 31.4 Å². The number of hydrogen-bond acceptors (Lipinski definition) is 14. The van der Waals surface area contributed by atoms with Crippen molar-refractivity contribution in [2.24, 2.45) is 10.8 Å². The Morgan fingerprint density at radius 1 is 0.661 bits per heavy atom. The Balaban J connectivity index is 0.000000193. The molecule has 0 aliphatic carbocycles. The van der Waals surface area contributed by atoms with Gasteiger partial charge in [0.1, 0.15) is 0 Å². The molecule has 3 N–H and O–H groups in total. The van der Waals surface area contributed by atoms with Gasteiger partial charge in [-0.15, -0.1) is 0 Å². The normalized spacial score (nSPS) is 15.9. The molecule has 4 saturated heterocycles. The van der Waals surface area contributed by atoms with Crippen LogP contribution in [0.2, 0.25) is 5.28 Å². The molecule has 0 atom stereocenters. The minimum absolute atomic E-state index is 0. The molecule has 0 saturated carbocycles. The number of aromatic nitrogens is 4. The van der Waals surface area contributed by atoms with Gasteiger partial charge in [-0.1, -0.05) is 31.7 Å². The van der Waals surface area contributed by atoms with Gasteiger partial charge < -0.3 is 39.8 Å². The van der Waals surface area contributed by atoms with Gasteiger partial charge in [0.05, 0.1) is 74.0 Å². The Kier molecular flexibility index (Phi) is 13.3. The van der Waals surface area contributed by atoms with Crippen LogP contribution < -0.4 is 20.9 Å². The molecule has 6 heterocycles. The molecule has 10 rings (SSSR count). The van der Waals surface area contributed by atoms with E-state index >= 15 is 0 Å². The maximum atomic E-state index is 11.6. The van der Waals surface area contributed by atoms with E-state index in [0.717, 1.165) is 80.8 Å². The van der Waals surface area contributed by atoms with Gasteiger partial charge in [-0.2, -0.15) is 0 Å². The van der Waals surface area contributed by atoms with Crippen LogP contribution in [-0.2, 0) is 18.9 Å². The smallest absolute Gasteiger partial charge is 0.337 e. The highest BCUT2D eigenvalue weighted by molar-refractivity contribution is 6.28. The number of nitrogens with one attached hydrogen (secondary N) is 1. The van der Waals surface area contributed by atoms with E-state index in [2.05, 4.69) is 64.1 Å². The van der Waals surface area contributed by atoms with Gasteiger partial charge >= 0.3 is 11.9 Å². The van der Waals surface area contributed by atoms with E-state index in [1.54, 1.807) is 54.9 Å². The Morgan fingerprint density at radius 3 is 1.52 bits per heavy atom. The number of nitrogen functional groups attached to an aromatic ring is 1. The highest BCUT2D eigenvalue weighted by Gasteiger charge is 2.49. The zero-order chi connectivity index (χ0) is 42.4. The molecule has 0 radical (unpaired) electrons. The van der Waals surface area contributed by atoms with Crippen molar-refractivity contribution in [3.63, 3.8) is 0 Å². The fourth-order valence-electron chi connectivity index (χ4n) is 7.47. The van der Waals surface area contributed by atoms with Gasteiger partial charge in [-0.25, -0.2) is 29.5 Å². The summed E-state index contributed by atoms with van der Waals surface area (Å²) < 4.78 is 19.9. The summed E-state index contributed by atoms with van der Waals surface area (Å²) in [5.41, 5.74) is 15.0. The molecule has 4 aliphatic rings. The molecule has 2 spiro atoms. The maximum Gasteiger partial charge on any atom is 0.337 e. The second kappa shape index (κ2) is 19.0. The predicted molar refractivity (Wildman–Crippen MR) is 245 cm³/mol. The Morgan fingerprint density at radius 2 is 1.10 bits per heavy atom. The molecule has 324 valence electrons. The number of esters is 2. The molecule has 4 fully saturated rings. The largest absolute Gasteiger partial charge is 0.465 e. The Labute approximate surface area is 369 Å². The maximum absolute atomic E-state index is 11.6. The summed E-state index contributed by atoms with van der Waals surface area (Å²) in [4.78, 5) is 44.4. The summed E-state index contributed by atoms with van der Waals surface area (Å²) in [7, 11) is 2.72. The fraction of sp³-hybridized carbons (Fsp3) is 0.277. The van der Waals surface area contributed by atoms with Gasteiger partial charge in [0.2, 0.25) is 11.2 Å². The first kappa shape index (κ1) is 43.5. The average molecular weight is 862 g/mol. The third-order valence-electron chi connectivity index (χ3n) is 11.0. The quantitative estimate of drug-likeness (QED) is 0.0852. The lowest BCUT2D eigenvalue weighted by Gasteiger charge is -2.56. The van der Waals surface area contributed by atoms with E-state index in [-0.39, 0.29) is 27.5 Å². The minimum Gasteiger partial charge on any atom is -0.465 e. The standard InChI is InChI=1S/C23H22N4O3.C12H9ClN2O2.C11H14N2O.CH4.2H2/c1-29-21(28)17-4-2-16(3-5-17)20-10-11-24-22(26-20)25-18-6-8-19(9-7-18)27-12-23(13-27)14-30-15-23;1-17-11(16)9-4-2-8(3-5-9)10-6-7-14-12(13)15-10;12-9-1-3-10(4-2-9)13-5-11(6-13)7-14-8-11;;;/h2-11H,12-15H2,1H3,(H,24,25,26);2-7H,1H3;1-4H,5-8,12H2;1H4;2*1H/i;;;;1+1;. The van der Waals surface area contributed by atoms with Crippen LogP contribution in [0.4, 0.5) is 28.7 Å². The first-order valence-electron chi connectivity index (χ1n) is 19.7. The van der Waals surface area contributed by atoms with Crippen molar-refractivity contribution in [2.75, 3.05) is 87.7 Å². The number of carbonyl (C=O) groups excluding carboxylic acids is 2. The van der Waals surface area contributed by atoms with E-state index < -0.39 is 0 Å². The van der Waals surface area contributed by atoms with Crippen LogP contribution in [-0.4, -0.2) is 98.7 Å². The number of rotatable bonds is 8. The van der Waals surface area contributed by atoms with Crippen LogP contribution >= 0.6 is 11.6 Å². The molecule has 0 unspecified atom stereocenters. The van der Waals surface area contributed by atoms with E-state index in [1.807, 2.05) is 42.5 Å². The number of hydrogen-bond donors (Lipinski definition) is 2. The van der Waals surface area contributed by atoms with E-state index in [1.165, 1.54) is 25.6 Å². The van der Waals surface area contributed by atoms with Crippen molar-refractivity contribution >= 4 is 52.2 Å². The summed E-state index contributed by atoms with van der Waals surface area (Å²) in [6, 6.07) is 34.1. The zero-order valence-electron chi connectivity index (χ0n) is 33.8. The molecule has 4 aliphatic heterocycles. The predicted octanol–water partition coefficient (Wildman–Crippen LogP) is 8.33. The van der Waals surface area contributed by atoms with Gasteiger partial charge in [0.15, 0.2) is 0 Å². The van der Waals surface area contributed by atoms with Crippen LogP contribution in [0.5, 0.6) is 0 Å². The summed E-state index contributed by atoms with van der Waals surface area (Å²) in [6.45, 7) is 8.08. The van der Waals surface area contributed by atoms with Gasteiger partial charge in [-0.05, 0) is 96.5 Å². The Bertz CT molecular complexity index is 2460. The molecule has 62 heavy (non-hydrogen) atoms. The van der Waals surface area contributed by atoms with Crippen LogP contribution in [0.25, 0.3) is 22.5 Å². The fourth-order valence-corrected chi connectivity index (χ4v) is 7.62. The summed E-state index contributed by atoms with van der Waals surface area (Å²) >= 11 is 5.70. The SMILES string of the molecule is C.COC(=O)c1ccc(-c2ccnc(Cl)n2)cc1.COC(=O)c1ccc(-c2ccnc(Nc3ccc(N4CC5(COC5)C4)cc3)n2)cc1.Nc1ccc(N2CC3(COC3)C2)cc1.[2HH].[HH]. The lowest BCUT2D eigenvalue weighted by atomic mass is 9.78. The van der Waals surface area contributed by atoms with Crippen molar-refractivity contribution in [3.05, 3.63) is 138 Å². The van der Waals surface area contributed by atoms with Crippen LogP contribution in [0.15, 0.2) is 122 Å². The summed E-state index contributed by atoms with van der Waals surface area (Å²) in [5.74, 6) is -0.200. The first-order valence-corrected chi connectivity index (χ1v) is 20.1. The number of benzene rings is 4. The average Bonchev–Trinajstić information content (AvgIpc) is 3.23. The van der Waals surface area contributed by atoms with Crippen molar-refractivity contribution in [1.29, 1.82) is 0 Å². The summed E-state index contributed by atoms with van der Waals surface area (Å²) in [6.07, 6.45) is 3.30. The van der Waals surface area contributed by atoms with Crippen molar-refractivity contribution in [3.8, 4) is 22.5 Å².